The van der Waals surface area contributed by atoms with Crippen molar-refractivity contribution in [3.63, 3.8) is 0 Å². The molecule has 0 amide bonds. The molecular weight excluding hydrogens is 428 g/mol. The first kappa shape index (κ1) is 26.5. The Labute approximate surface area is 193 Å². The molecule has 0 bridgehead atoms. The smallest absolute Gasteiger partial charge is 0.329 e. The number of hydrogen-bond acceptors (Lipinski definition) is 5. The molecule has 2 aliphatic carbocycles. The van der Waals surface area contributed by atoms with Crippen LogP contribution in [0.1, 0.15) is 71.1 Å². The number of unbranched alkanes of at least 4 members (excludes halogenated alkanes) is 4. The van der Waals surface area contributed by atoms with Gasteiger partial charge in [-0.1, -0.05) is 44.1 Å². The minimum Gasteiger partial charge on any atom is -0.481 e. The Balaban J connectivity index is 2.29. The van der Waals surface area contributed by atoms with Crippen LogP contribution in [0.3, 0.4) is 0 Å². The van der Waals surface area contributed by atoms with Gasteiger partial charge in [0.05, 0.1) is 0 Å². The largest absolute Gasteiger partial charge is 0.481 e. The molecule has 0 aromatic rings. The quantitative estimate of drug-likeness (QED) is 0.212. The molecular formula is C25H34O8. The van der Waals surface area contributed by atoms with Crippen molar-refractivity contribution in [3.8, 4) is 0 Å². The molecule has 0 saturated heterocycles. The van der Waals surface area contributed by atoms with Crippen LogP contribution in [0.2, 0.25) is 0 Å². The summed E-state index contributed by atoms with van der Waals surface area (Å²) < 4.78 is 0. The van der Waals surface area contributed by atoms with E-state index in [1.807, 2.05) is 12.2 Å². The lowest BCUT2D eigenvalue weighted by Crippen LogP contribution is -2.57. The van der Waals surface area contributed by atoms with Gasteiger partial charge in [0.2, 0.25) is 5.41 Å². The van der Waals surface area contributed by atoms with E-state index in [4.69, 9.17) is 5.11 Å². The van der Waals surface area contributed by atoms with Crippen molar-refractivity contribution in [3.05, 3.63) is 24.3 Å². The Morgan fingerprint density at radius 2 is 1.61 bits per heavy atom. The van der Waals surface area contributed by atoms with Crippen LogP contribution in [-0.4, -0.2) is 44.8 Å². The highest BCUT2D eigenvalue weighted by atomic mass is 16.4. The number of Topliss-reactive ketones (excluding diaryl/α,β-unsaturated/α-hetero) is 2. The molecule has 0 radical (unpaired) electrons. The third kappa shape index (κ3) is 5.78. The van der Waals surface area contributed by atoms with Gasteiger partial charge in [-0.2, -0.15) is 0 Å². The van der Waals surface area contributed by atoms with Crippen LogP contribution in [0.25, 0.3) is 0 Å². The molecule has 8 heteroatoms. The molecule has 2 rings (SSSR count). The van der Waals surface area contributed by atoms with Gasteiger partial charge in [0.15, 0.2) is 5.78 Å². The average Bonchev–Trinajstić information content (AvgIpc) is 3.05. The predicted molar refractivity (Wildman–Crippen MR) is 119 cm³/mol. The van der Waals surface area contributed by atoms with Crippen LogP contribution in [0, 0.1) is 29.1 Å². The highest BCUT2D eigenvalue weighted by Crippen LogP contribution is 2.55. The summed E-state index contributed by atoms with van der Waals surface area (Å²) in [5.41, 5.74) is -2.59. The Hall–Kier alpha value is -2.77. The SMILES string of the molecule is CCCCC/C=C/C1CC(=O)C(C(=O)O)(C(=O)O)[C@@H]2CC(=O)[C@H](C/C=C\CCCC(=O)O)C12. The molecule has 182 valence electrons. The van der Waals surface area contributed by atoms with Gasteiger partial charge in [-0.15, -0.1) is 0 Å². The summed E-state index contributed by atoms with van der Waals surface area (Å²) in [6, 6.07) is 0. The first-order chi connectivity index (χ1) is 15.7. The zero-order valence-electron chi connectivity index (χ0n) is 19.1. The van der Waals surface area contributed by atoms with E-state index < -0.39 is 46.9 Å². The van der Waals surface area contributed by atoms with E-state index in [0.717, 1.165) is 25.7 Å². The lowest BCUT2D eigenvalue weighted by molar-refractivity contribution is -0.178. The number of carbonyl (C=O) groups is 5. The van der Waals surface area contributed by atoms with Crippen LogP contribution < -0.4 is 0 Å². The number of carboxylic acids is 3. The Bertz CT molecular complexity index is 810. The molecule has 8 nitrogen and oxygen atoms in total. The summed E-state index contributed by atoms with van der Waals surface area (Å²) in [7, 11) is 0. The van der Waals surface area contributed by atoms with Crippen LogP contribution in [0.4, 0.5) is 0 Å². The number of allylic oxidation sites excluding steroid dienone is 4. The molecule has 0 aromatic carbocycles. The summed E-state index contributed by atoms with van der Waals surface area (Å²) in [5.74, 6) is -7.91. The van der Waals surface area contributed by atoms with Crippen molar-refractivity contribution in [2.45, 2.75) is 71.1 Å². The third-order valence-electron chi connectivity index (χ3n) is 7.03. The van der Waals surface area contributed by atoms with Gasteiger partial charge in [0.25, 0.3) is 0 Å². The maximum absolute atomic E-state index is 12.9. The van der Waals surface area contributed by atoms with Gasteiger partial charge < -0.3 is 15.3 Å². The summed E-state index contributed by atoms with van der Waals surface area (Å²) >= 11 is 0. The maximum atomic E-state index is 12.9. The predicted octanol–water partition coefficient (Wildman–Crippen LogP) is 3.89. The lowest BCUT2D eigenvalue weighted by atomic mass is 9.57. The first-order valence-corrected chi connectivity index (χ1v) is 11.7. The van der Waals surface area contributed by atoms with E-state index in [2.05, 4.69) is 6.92 Å². The van der Waals surface area contributed by atoms with Crippen LogP contribution in [0.5, 0.6) is 0 Å². The van der Waals surface area contributed by atoms with Gasteiger partial charge in [-0.3, -0.25) is 24.0 Å². The number of hydrogen-bond donors (Lipinski definition) is 3. The number of carboxylic acid groups (broad SMARTS) is 3. The molecule has 4 atom stereocenters. The minimum atomic E-state index is -2.59. The Morgan fingerprint density at radius 3 is 2.21 bits per heavy atom. The van der Waals surface area contributed by atoms with Gasteiger partial charge in [0, 0.05) is 31.1 Å². The number of ketones is 2. The molecule has 2 fully saturated rings. The molecule has 3 N–H and O–H groups in total. The van der Waals surface area contributed by atoms with Crippen LogP contribution >= 0.6 is 0 Å². The van der Waals surface area contributed by atoms with Crippen molar-refractivity contribution >= 4 is 29.5 Å². The van der Waals surface area contributed by atoms with E-state index in [1.165, 1.54) is 0 Å². The van der Waals surface area contributed by atoms with Gasteiger partial charge >= 0.3 is 17.9 Å². The van der Waals surface area contributed by atoms with Gasteiger partial charge in [0.1, 0.15) is 5.78 Å². The Morgan fingerprint density at radius 1 is 0.939 bits per heavy atom. The number of rotatable bonds is 13. The van der Waals surface area contributed by atoms with E-state index in [1.54, 1.807) is 12.2 Å². The molecule has 2 saturated carbocycles. The zero-order valence-corrected chi connectivity index (χ0v) is 19.1. The summed E-state index contributed by atoms with van der Waals surface area (Å²) in [5, 5.41) is 28.4. The fourth-order valence-electron chi connectivity index (χ4n) is 5.40. The standard InChI is InChI=1S/C25H34O8/c1-2-3-4-5-8-11-16-14-20(27)25(23(30)31,24(32)33)18-15-19(26)17(22(16)18)12-9-6-7-10-13-21(28)29/h6,8-9,11,16-18,22H,2-5,7,10,12-15H2,1H3,(H,28,29)(H,30,31)(H,32,33)/b9-6-,11-8+/t16?,17-,18+,22?/m0/s1. The second kappa shape index (κ2) is 11.9. The number of carbonyl (C=O) groups excluding carboxylic acids is 2. The lowest BCUT2D eigenvalue weighted by Gasteiger charge is -2.42. The second-order valence-electron chi connectivity index (χ2n) is 9.09. The summed E-state index contributed by atoms with van der Waals surface area (Å²) in [4.78, 5) is 60.7. The van der Waals surface area contributed by atoms with E-state index >= 15 is 0 Å². The molecule has 2 unspecified atom stereocenters. The average molecular weight is 463 g/mol. The van der Waals surface area contributed by atoms with Crippen molar-refractivity contribution in [2.24, 2.45) is 29.1 Å². The monoisotopic (exact) mass is 462 g/mol. The molecule has 0 spiro atoms. The van der Waals surface area contributed by atoms with Gasteiger partial charge in [-0.25, -0.2) is 0 Å². The van der Waals surface area contributed by atoms with Crippen molar-refractivity contribution in [1.29, 1.82) is 0 Å². The molecule has 0 aliphatic heterocycles. The summed E-state index contributed by atoms with van der Waals surface area (Å²) in [6.07, 6.45) is 12.3. The number of aliphatic carboxylic acids is 3. The number of fused-ring (bicyclic) bond motifs is 1. The van der Waals surface area contributed by atoms with Crippen molar-refractivity contribution in [2.75, 3.05) is 0 Å². The highest BCUT2D eigenvalue weighted by Gasteiger charge is 2.68. The van der Waals surface area contributed by atoms with Crippen molar-refractivity contribution < 1.29 is 39.3 Å². The topological polar surface area (TPSA) is 146 Å². The minimum absolute atomic E-state index is 0.0458. The van der Waals surface area contributed by atoms with Crippen molar-refractivity contribution in [1.82, 2.24) is 0 Å². The molecule has 2 aliphatic rings. The van der Waals surface area contributed by atoms with Gasteiger partial charge in [-0.05, 0) is 43.9 Å². The fraction of sp³-hybridized carbons (Fsp3) is 0.640. The maximum Gasteiger partial charge on any atom is 0.329 e. The molecule has 0 heterocycles. The van der Waals surface area contributed by atoms with E-state index in [-0.39, 0.29) is 31.0 Å². The van der Waals surface area contributed by atoms with Crippen LogP contribution in [0.15, 0.2) is 24.3 Å². The molecule has 0 aromatic heterocycles. The third-order valence-corrected chi connectivity index (χ3v) is 7.03. The fourth-order valence-corrected chi connectivity index (χ4v) is 5.40. The summed E-state index contributed by atoms with van der Waals surface area (Å²) in [6.45, 7) is 2.09. The normalized spacial score (nSPS) is 26.7. The first-order valence-electron chi connectivity index (χ1n) is 11.7. The van der Waals surface area contributed by atoms with E-state index in [0.29, 0.717) is 19.3 Å². The Kier molecular flexibility index (Phi) is 9.56. The molecule has 33 heavy (non-hydrogen) atoms. The second-order valence-corrected chi connectivity index (χ2v) is 9.09. The van der Waals surface area contributed by atoms with E-state index in [9.17, 15) is 34.2 Å². The highest BCUT2D eigenvalue weighted by molar-refractivity contribution is 6.20. The zero-order chi connectivity index (χ0) is 24.6. The van der Waals surface area contributed by atoms with Crippen LogP contribution in [-0.2, 0) is 24.0 Å².